The van der Waals surface area contributed by atoms with Gasteiger partial charge in [0.05, 0.1) is 16.4 Å². The van der Waals surface area contributed by atoms with Crippen LogP contribution in [0.25, 0.3) is 0 Å². The molecule has 2 aromatic rings. The highest BCUT2D eigenvalue weighted by molar-refractivity contribution is 7.89. The third kappa shape index (κ3) is 4.54. The number of nitro benzene ring substituents is 1. The minimum Gasteiger partial charge on any atom is -0.485 e. The predicted molar refractivity (Wildman–Crippen MR) is 102 cm³/mol. The first-order valence-corrected chi connectivity index (χ1v) is 10.6. The molecule has 148 valence electrons. The van der Waals surface area contributed by atoms with Crippen LogP contribution in [-0.4, -0.2) is 41.9 Å². The van der Waals surface area contributed by atoms with Gasteiger partial charge >= 0.3 is 10.6 Å². The van der Waals surface area contributed by atoms with Gasteiger partial charge in [0, 0.05) is 30.2 Å². The second-order valence-electron chi connectivity index (χ2n) is 5.62. The lowest BCUT2D eigenvalue weighted by molar-refractivity contribution is -0.386. The Hall–Kier alpha value is -2.24. The lowest BCUT2D eigenvalue weighted by Crippen LogP contribution is -2.30. The van der Waals surface area contributed by atoms with E-state index >= 15 is 0 Å². The smallest absolute Gasteiger partial charge is 0.312 e. The molecule has 0 N–H and O–H groups in total. The number of sulfonamides is 1. The SMILES string of the molecule is CCN(CC)S(=O)(=O)c1ccc(OCCn2c(C)csc2=O)c([N+](=O)[O-])c1. The second kappa shape index (κ2) is 8.63. The monoisotopic (exact) mass is 415 g/mol. The number of hydrogen-bond acceptors (Lipinski definition) is 7. The minimum absolute atomic E-state index is 0.0421. The van der Waals surface area contributed by atoms with Crippen LogP contribution in [-0.2, 0) is 16.6 Å². The van der Waals surface area contributed by atoms with E-state index in [1.165, 1.54) is 21.0 Å². The molecule has 1 aromatic heterocycles. The number of aryl methyl sites for hydroxylation is 1. The van der Waals surface area contributed by atoms with Crippen LogP contribution < -0.4 is 9.61 Å². The fourth-order valence-electron chi connectivity index (χ4n) is 2.56. The topological polar surface area (TPSA) is 112 Å². The molecule has 0 spiro atoms. The highest BCUT2D eigenvalue weighted by atomic mass is 32.2. The molecule has 0 aliphatic carbocycles. The summed E-state index contributed by atoms with van der Waals surface area (Å²) in [6.45, 7) is 5.99. The summed E-state index contributed by atoms with van der Waals surface area (Å²) in [4.78, 5) is 22.1. The van der Waals surface area contributed by atoms with Gasteiger partial charge in [-0.2, -0.15) is 4.31 Å². The van der Waals surface area contributed by atoms with E-state index in [1.807, 2.05) is 0 Å². The molecule has 0 fully saturated rings. The number of rotatable bonds is 9. The highest BCUT2D eigenvalue weighted by Crippen LogP contribution is 2.31. The maximum atomic E-state index is 12.6. The Labute approximate surface area is 161 Å². The van der Waals surface area contributed by atoms with Crippen LogP contribution >= 0.6 is 11.3 Å². The summed E-state index contributed by atoms with van der Waals surface area (Å²) in [5.41, 5.74) is 0.349. The molecule has 0 aliphatic heterocycles. The summed E-state index contributed by atoms with van der Waals surface area (Å²) in [7, 11) is -3.81. The number of hydrogen-bond donors (Lipinski definition) is 0. The van der Waals surface area contributed by atoms with Gasteiger partial charge in [-0.05, 0) is 19.1 Å². The van der Waals surface area contributed by atoms with Crippen LogP contribution in [0.5, 0.6) is 5.75 Å². The number of nitro groups is 1. The zero-order chi connectivity index (χ0) is 20.2. The van der Waals surface area contributed by atoms with Gasteiger partial charge in [0.15, 0.2) is 5.75 Å². The molecule has 11 heteroatoms. The van der Waals surface area contributed by atoms with Crippen molar-refractivity contribution < 1.29 is 18.1 Å². The van der Waals surface area contributed by atoms with Crippen LogP contribution in [0.3, 0.4) is 0 Å². The van der Waals surface area contributed by atoms with Gasteiger partial charge in [-0.3, -0.25) is 19.5 Å². The molecule has 0 unspecified atom stereocenters. The first kappa shape index (κ1) is 21.1. The van der Waals surface area contributed by atoms with Gasteiger partial charge in [-0.25, -0.2) is 8.42 Å². The van der Waals surface area contributed by atoms with E-state index in [0.717, 1.165) is 23.1 Å². The Morgan fingerprint density at radius 1 is 1.30 bits per heavy atom. The zero-order valence-electron chi connectivity index (χ0n) is 15.2. The number of aromatic nitrogens is 1. The largest absolute Gasteiger partial charge is 0.485 e. The normalized spacial score (nSPS) is 11.7. The molecule has 9 nitrogen and oxygen atoms in total. The second-order valence-corrected chi connectivity index (χ2v) is 8.38. The minimum atomic E-state index is -3.81. The molecular formula is C16H21N3O6S2. The van der Waals surface area contributed by atoms with Crippen molar-refractivity contribution in [3.63, 3.8) is 0 Å². The van der Waals surface area contributed by atoms with Gasteiger partial charge in [0.1, 0.15) is 6.61 Å². The molecule has 0 amide bonds. The quantitative estimate of drug-likeness (QED) is 0.459. The molecule has 1 heterocycles. The van der Waals surface area contributed by atoms with E-state index in [2.05, 4.69) is 0 Å². The maximum absolute atomic E-state index is 12.6. The Kier molecular flexibility index (Phi) is 6.73. The lowest BCUT2D eigenvalue weighted by Gasteiger charge is -2.18. The van der Waals surface area contributed by atoms with Crippen molar-refractivity contribution in [1.29, 1.82) is 0 Å². The van der Waals surface area contributed by atoms with Crippen molar-refractivity contribution in [3.05, 3.63) is 49.1 Å². The molecule has 0 aliphatic rings. The van der Waals surface area contributed by atoms with Crippen molar-refractivity contribution in [2.24, 2.45) is 0 Å². The number of ether oxygens (including phenoxy) is 1. The van der Waals surface area contributed by atoms with E-state index in [-0.39, 0.29) is 41.8 Å². The Morgan fingerprint density at radius 3 is 2.48 bits per heavy atom. The van der Waals surface area contributed by atoms with Crippen molar-refractivity contribution >= 4 is 27.0 Å². The summed E-state index contributed by atoms with van der Waals surface area (Å²) >= 11 is 1.07. The molecule has 27 heavy (non-hydrogen) atoms. The Bertz CT molecular complexity index is 976. The van der Waals surface area contributed by atoms with Gasteiger partial charge in [0.2, 0.25) is 10.0 Å². The number of benzene rings is 1. The molecular weight excluding hydrogens is 394 g/mol. The van der Waals surface area contributed by atoms with E-state index in [9.17, 15) is 23.3 Å². The summed E-state index contributed by atoms with van der Waals surface area (Å²) in [5, 5.41) is 13.1. The van der Waals surface area contributed by atoms with E-state index < -0.39 is 20.6 Å². The fourth-order valence-corrected chi connectivity index (χ4v) is 4.80. The van der Waals surface area contributed by atoms with Crippen LogP contribution in [0.1, 0.15) is 19.5 Å². The van der Waals surface area contributed by atoms with Gasteiger partial charge in [0.25, 0.3) is 0 Å². The van der Waals surface area contributed by atoms with Crippen molar-refractivity contribution in [1.82, 2.24) is 8.87 Å². The van der Waals surface area contributed by atoms with Crippen LogP contribution in [0.4, 0.5) is 5.69 Å². The molecule has 0 saturated carbocycles. The van der Waals surface area contributed by atoms with Crippen LogP contribution in [0.15, 0.2) is 33.3 Å². The van der Waals surface area contributed by atoms with Crippen LogP contribution in [0, 0.1) is 17.0 Å². The van der Waals surface area contributed by atoms with Crippen molar-refractivity contribution in [3.8, 4) is 5.75 Å². The Morgan fingerprint density at radius 2 is 1.96 bits per heavy atom. The lowest BCUT2D eigenvalue weighted by atomic mass is 10.3. The average Bonchev–Trinajstić information content (AvgIpc) is 2.94. The molecule has 0 bridgehead atoms. The zero-order valence-corrected chi connectivity index (χ0v) is 16.9. The highest BCUT2D eigenvalue weighted by Gasteiger charge is 2.26. The standard InChI is InChI=1S/C16H21N3O6S2/c1-4-17(5-2)27(23,24)13-6-7-15(14(10-13)19(21)22)25-9-8-18-12(3)11-26-16(18)20/h6-7,10-11H,4-5,8-9H2,1-3H3. The van der Waals surface area contributed by atoms with Crippen molar-refractivity contribution in [2.75, 3.05) is 19.7 Å². The third-order valence-corrected chi connectivity index (χ3v) is 6.95. The van der Waals surface area contributed by atoms with Gasteiger partial charge in [-0.15, -0.1) is 0 Å². The number of thiazole rings is 1. The van der Waals surface area contributed by atoms with Crippen molar-refractivity contribution in [2.45, 2.75) is 32.2 Å². The van der Waals surface area contributed by atoms with E-state index in [4.69, 9.17) is 4.74 Å². The third-order valence-electron chi connectivity index (χ3n) is 4.02. The Balaban J connectivity index is 2.25. The average molecular weight is 415 g/mol. The maximum Gasteiger partial charge on any atom is 0.312 e. The van der Waals surface area contributed by atoms with E-state index in [0.29, 0.717) is 0 Å². The predicted octanol–water partition coefficient (Wildman–Crippen LogP) is 2.24. The number of nitrogens with zero attached hydrogens (tertiary/aromatic N) is 3. The first-order valence-electron chi connectivity index (χ1n) is 8.28. The first-order chi connectivity index (χ1) is 12.7. The molecule has 1 aromatic carbocycles. The van der Waals surface area contributed by atoms with Gasteiger partial charge in [-0.1, -0.05) is 25.2 Å². The van der Waals surface area contributed by atoms with Gasteiger partial charge < -0.3 is 4.74 Å². The van der Waals surface area contributed by atoms with E-state index in [1.54, 1.807) is 26.2 Å². The fraction of sp³-hybridized carbons (Fsp3) is 0.438. The molecule has 0 atom stereocenters. The summed E-state index contributed by atoms with van der Waals surface area (Å²) < 4.78 is 33.3. The summed E-state index contributed by atoms with van der Waals surface area (Å²) in [6.07, 6.45) is 0. The summed E-state index contributed by atoms with van der Waals surface area (Å²) in [6, 6.07) is 3.57. The molecule has 0 saturated heterocycles. The van der Waals surface area contributed by atoms with Crippen LogP contribution in [0.2, 0.25) is 0 Å². The molecule has 2 rings (SSSR count). The molecule has 0 radical (unpaired) electrons. The summed E-state index contributed by atoms with van der Waals surface area (Å²) in [5.74, 6) is -0.0422.